The fourth-order valence-corrected chi connectivity index (χ4v) is 7.84. The summed E-state index contributed by atoms with van der Waals surface area (Å²) in [7, 11) is 0. The Labute approximate surface area is 165 Å². The minimum atomic E-state index is -0.745. The number of aliphatic hydroxyl groups is 1. The molecule has 0 radical (unpaired) electrons. The molecule has 4 saturated carbocycles. The summed E-state index contributed by atoms with van der Waals surface area (Å²) in [5.74, 6) is 3.63. The molecule has 4 aliphatic carbocycles. The van der Waals surface area contributed by atoms with Gasteiger partial charge in [0, 0.05) is 0 Å². The minimum Gasteiger partial charge on any atom is -0.380 e. The summed E-state index contributed by atoms with van der Waals surface area (Å²) < 4.78 is 0. The lowest BCUT2D eigenvalue weighted by Crippen LogP contribution is -2.46. The van der Waals surface area contributed by atoms with Crippen molar-refractivity contribution in [2.75, 3.05) is 0 Å². The molecule has 0 aliphatic heterocycles. The van der Waals surface area contributed by atoms with Crippen LogP contribution in [0, 0.1) is 46.3 Å². The molecule has 1 heteroatoms. The van der Waals surface area contributed by atoms with Crippen LogP contribution in [-0.2, 0) is 5.60 Å². The van der Waals surface area contributed by atoms with Crippen molar-refractivity contribution in [3.05, 3.63) is 47.0 Å². The van der Waals surface area contributed by atoms with Crippen LogP contribution >= 0.6 is 0 Å². The second kappa shape index (κ2) is 5.29. The third-order valence-corrected chi connectivity index (χ3v) is 10.3. The van der Waals surface area contributed by atoms with Gasteiger partial charge in [-0.3, -0.25) is 0 Å². The Bertz CT molecular complexity index is 797. The number of hydrogen-bond acceptors (Lipinski definition) is 1. The number of hydrogen-bond donors (Lipinski definition) is 1. The predicted octanol–water partition coefficient (Wildman–Crippen LogP) is 6.18. The van der Waals surface area contributed by atoms with Gasteiger partial charge in [-0.1, -0.05) is 77.4 Å². The van der Waals surface area contributed by atoms with Crippen LogP contribution in [-0.4, -0.2) is 5.11 Å². The molecule has 0 heterocycles. The molecule has 4 bridgehead atoms. The first kappa shape index (κ1) is 18.0. The van der Waals surface area contributed by atoms with Crippen molar-refractivity contribution in [1.82, 2.24) is 0 Å². The van der Waals surface area contributed by atoms with Crippen LogP contribution in [0.15, 0.2) is 41.5 Å². The van der Waals surface area contributed by atoms with Gasteiger partial charge >= 0.3 is 0 Å². The first-order chi connectivity index (χ1) is 12.6. The third-order valence-electron chi connectivity index (χ3n) is 10.3. The van der Waals surface area contributed by atoms with Gasteiger partial charge in [0.1, 0.15) is 5.60 Å². The minimum absolute atomic E-state index is 0.286. The highest BCUT2D eigenvalue weighted by molar-refractivity contribution is 5.47. The van der Waals surface area contributed by atoms with E-state index in [0.29, 0.717) is 29.1 Å². The lowest BCUT2D eigenvalue weighted by molar-refractivity contribution is -0.0315. The van der Waals surface area contributed by atoms with Gasteiger partial charge in [-0.15, -0.1) is 0 Å². The van der Waals surface area contributed by atoms with Crippen molar-refractivity contribution in [3.8, 4) is 0 Å². The van der Waals surface area contributed by atoms with Gasteiger partial charge in [0.05, 0.1) is 0 Å². The van der Waals surface area contributed by atoms with Gasteiger partial charge in [0.2, 0.25) is 0 Å². The monoisotopic (exact) mass is 364 g/mol. The summed E-state index contributed by atoms with van der Waals surface area (Å²) in [5.41, 5.74) is 4.23. The summed E-state index contributed by atoms with van der Waals surface area (Å²) >= 11 is 0. The molecule has 4 aliphatic rings. The van der Waals surface area contributed by atoms with Crippen LogP contribution in [0.5, 0.6) is 0 Å². The van der Waals surface area contributed by atoms with E-state index in [9.17, 15) is 5.11 Å². The fraction of sp³-hybridized carbons (Fsp3) is 0.692. The molecule has 7 atom stereocenters. The molecule has 0 spiro atoms. The average molecular weight is 365 g/mol. The Morgan fingerprint density at radius 2 is 1.56 bits per heavy atom. The summed E-state index contributed by atoms with van der Waals surface area (Å²) in [5, 5.41) is 12.4. The van der Waals surface area contributed by atoms with E-state index in [1.54, 1.807) is 5.57 Å². The van der Waals surface area contributed by atoms with E-state index in [-0.39, 0.29) is 5.41 Å². The van der Waals surface area contributed by atoms with Crippen LogP contribution in [0.2, 0.25) is 0 Å². The van der Waals surface area contributed by atoms with Crippen LogP contribution < -0.4 is 0 Å². The van der Waals surface area contributed by atoms with Crippen molar-refractivity contribution in [2.45, 2.75) is 66.4 Å². The molecular weight excluding hydrogens is 328 g/mol. The molecule has 146 valence electrons. The molecule has 1 nitrogen and oxygen atoms in total. The van der Waals surface area contributed by atoms with E-state index in [0.717, 1.165) is 23.8 Å². The smallest absolute Gasteiger partial charge is 0.114 e. The molecular formula is C26H36O. The first-order valence-corrected chi connectivity index (χ1v) is 11.1. The number of fused-ring (bicyclic) bond motifs is 4. The molecule has 0 saturated heterocycles. The van der Waals surface area contributed by atoms with Gasteiger partial charge in [-0.25, -0.2) is 0 Å². The summed E-state index contributed by atoms with van der Waals surface area (Å²) in [6.45, 7) is 14.7. The van der Waals surface area contributed by atoms with Crippen LogP contribution in [0.25, 0.3) is 0 Å². The van der Waals surface area contributed by atoms with Crippen molar-refractivity contribution in [1.29, 1.82) is 0 Å². The maximum atomic E-state index is 12.4. The van der Waals surface area contributed by atoms with E-state index < -0.39 is 5.60 Å². The van der Waals surface area contributed by atoms with E-state index in [1.807, 2.05) is 0 Å². The Balaban J connectivity index is 1.71. The number of allylic oxidation sites excluding steroid dienone is 1. The topological polar surface area (TPSA) is 20.2 Å². The zero-order valence-electron chi connectivity index (χ0n) is 17.9. The molecule has 1 N–H and O–H groups in total. The van der Waals surface area contributed by atoms with E-state index in [1.165, 1.54) is 18.4 Å². The molecule has 0 aromatic heterocycles. The normalized spacial score (nSPS) is 49.1. The lowest BCUT2D eigenvalue weighted by atomic mass is 9.57. The Hall–Kier alpha value is -1.08. The van der Waals surface area contributed by atoms with Crippen molar-refractivity contribution >= 4 is 0 Å². The predicted molar refractivity (Wildman–Crippen MR) is 111 cm³/mol. The zero-order chi connectivity index (χ0) is 19.4. The Kier molecular flexibility index (Phi) is 3.52. The molecule has 1 aromatic carbocycles. The highest BCUT2D eigenvalue weighted by Gasteiger charge is 2.67. The van der Waals surface area contributed by atoms with Gasteiger partial charge in [-0.05, 0) is 76.7 Å². The molecule has 4 fully saturated rings. The Morgan fingerprint density at radius 3 is 2.15 bits per heavy atom. The maximum Gasteiger partial charge on any atom is 0.114 e. The fourth-order valence-electron chi connectivity index (χ4n) is 7.84. The third kappa shape index (κ3) is 2.00. The van der Waals surface area contributed by atoms with Crippen molar-refractivity contribution in [2.24, 2.45) is 46.3 Å². The van der Waals surface area contributed by atoms with E-state index >= 15 is 0 Å². The number of rotatable bonds is 1. The molecule has 0 amide bonds. The van der Waals surface area contributed by atoms with Crippen molar-refractivity contribution < 1.29 is 5.11 Å². The molecule has 0 unspecified atom stereocenters. The summed E-state index contributed by atoms with van der Waals surface area (Å²) in [4.78, 5) is 0. The summed E-state index contributed by atoms with van der Waals surface area (Å²) in [6.07, 6.45) is 3.72. The number of benzene rings is 1. The second-order valence-corrected chi connectivity index (χ2v) is 11.4. The average Bonchev–Trinajstić information content (AvgIpc) is 3.31. The lowest BCUT2D eigenvalue weighted by Gasteiger charge is -2.49. The van der Waals surface area contributed by atoms with Crippen LogP contribution in [0.3, 0.4) is 0 Å². The van der Waals surface area contributed by atoms with Crippen LogP contribution in [0.1, 0.15) is 66.4 Å². The SMILES string of the molecule is C[C@@H]1[C@@H]2C[C@@H](C/C2=C2/[C@H]3C[C@H]([C@H](C)C3(C)C)[C@@]2(O)c2ccccc2)C1(C)C. The largest absolute Gasteiger partial charge is 0.380 e. The standard InChI is InChI=1S/C26H36O/c1-15-19-12-18(24(15,3)4)13-20(19)23-22-14-21(16(2)25(22,5)6)26(23,27)17-10-8-7-9-11-17/h7-11,15-16,18-19,21-22,27H,12-14H2,1-6H3/b23-20+/t15-,16+,18+,19+,21-,22-,26+/m1/s1. The highest BCUT2D eigenvalue weighted by atomic mass is 16.3. The van der Waals surface area contributed by atoms with Crippen LogP contribution in [0.4, 0.5) is 0 Å². The second-order valence-electron chi connectivity index (χ2n) is 11.4. The molecule has 27 heavy (non-hydrogen) atoms. The zero-order valence-corrected chi connectivity index (χ0v) is 17.9. The molecule has 5 rings (SSSR count). The van der Waals surface area contributed by atoms with Gasteiger partial charge in [-0.2, -0.15) is 0 Å². The van der Waals surface area contributed by atoms with Gasteiger partial charge < -0.3 is 5.11 Å². The summed E-state index contributed by atoms with van der Waals surface area (Å²) in [6, 6.07) is 10.6. The quantitative estimate of drug-likeness (QED) is 0.590. The Morgan fingerprint density at radius 1 is 0.889 bits per heavy atom. The highest BCUT2D eigenvalue weighted by Crippen LogP contribution is 2.72. The van der Waals surface area contributed by atoms with Gasteiger partial charge in [0.25, 0.3) is 0 Å². The first-order valence-electron chi connectivity index (χ1n) is 11.1. The van der Waals surface area contributed by atoms with Crippen molar-refractivity contribution in [3.63, 3.8) is 0 Å². The van der Waals surface area contributed by atoms with E-state index in [2.05, 4.69) is 71.9 Å². The molecule has 1 aromatic rings. The maximum absolute atomic E-state index is 12.4. The van der Waals surface area contributed by atoms with E-state index in [4.69, 9.17) is 0 Å². The van der Waals surface area contributed by atoms with Gasteiger partial charge in [0.15, 0.2) is 0 Å².